The van der Waals surface area contributed by atoms with Crippen LogP contribution < -0.4 is 4.74 Å². The molecule has 2 heterocycles. The van der Waals surface area contributed by atoms with Crippen LogP contribution in [0.3, 0.4) is 0 Å². The summed E-state index contributed by atoms with van der Waals surface area (Å²) >= 11 is 0. The van der Waals surface area contributed by atoms with E-state index in [9.17, 15) is 14.9 Å². The summed E-state index contributed by atoms with van der Waals surface area (Å²) in [5, 5.41) is 11.0. The molecule has 34 heavy (non-hydrogen) atoms. The fourth-order valence-corrected chi connectivity index (χ4v) is 3.66. The molecular weight excluding hydrogens is 430 g/mol. The van der Waals surface area contributed by atoms with E-state index in [2.05, 4.69) is 4.98 Å². The first-order valence-electron chi connectivity index (χ1n) is 10.6. The molecule has 7 nitrogen and oxygen atoms in total. The third-order valence-corrected chi connectivity index (χ3v) is 5.48. The smallest absolute Gasteiger partial charge is 0.286 e. The van der Waals surface area contributed by atoms with Crippen molar-refractivity contribution in [3.63, 3.8) is 0 Å². The van der Waals surface area contributed by atoms with Crippen LogP contribution in [0.25, 0.3) is 28.0 Å². The van der Waals surface area contributed by atoms with Crippen LogP contribution in [0.5, 0.6) is 5.75 Å². The van der Waals surface area contributed by atoms with E-state index in [1.807, 2.05) is 66.7 Å². The van der Waals surface area contributed by atoms with Gasteiger partial charge in [-0.2, -0.15) is 0 Å². The standard InChI is InChI=1S/C27H19N3O4/c31-26(22-8-6-20(7-9-22)19-4-2-1-3-5-19)18-34-24-13-10-21(11-14-24)25-17-29-16-23(30(32)33)12-15-27(29)28-25/h1-17H,18H2. The topological polar surface area (TPSA) is 86.7 Å². The van der Waals surface area contributed by atoms with Crippen molar-refractivity contribution in [2.45, 2.75) is 0 Å². The maximum absolute atomic E-state index is 12.5. The minimum Gasteiger partial charge on any atom is -0.485 e. The van der Waals surface area contributed by atoms with Crippen LogP contribution in [0.15, 0.2) is 103 Å². The summed E-state index contributed by atoms with van der Waals surface area (Å²) in [6, 6.07) is 27.7. The Morgan fingerprint density at radius 2 is 1.50 bits per heavy atom. The van der Waals surface area contributed by atoms with E-state index in [4.69, 9.17) is 4.74 Å². The molecule has 2 aromatic heterocycles. The molecular formula is C27H19N3O4. The Labute approximate surface area is 195 Å². The zero-order valence-corrected chi connectivity index (χ0v) is 18.0. The number of imidazole rings is 1. The van der Waals surface area contributed by atoms with Gasteiger partial charge in [0.15, 0.2) is 12.4 Å². The minimum absolute atomic E-state index is 0.000397. The molecule has 0 aliphatic rings. The van der Waals surface area contributed by atoms with Crippen molar-refractivity contribution < 1.29 is 14.5 Å². The van der Waals surface area contributed by atoms with Gasteiger partial charge in [0.2, 0.25) is 0 Å². The van der Waals surface area contributed by atoms with Gasteiger partial charge in [0, 0.05) is 23.4 Å². The van der Waals surface area contributed by atoms with Crippen LogP contribution in [0.1, 0.15) is 10.4 Å². The van der Waals surface area contributed by atoms with E-state index >= 15 is 0 Å². The number of nitrogens with zero attached hydrogens (tertiary/aromatic N) is 3. The Morgan fingerprint density at radius 3 is 2.21 bits per heavy atom. The monoisotopic (exact) mass is 449 g/mol. The minimum atomic E-state index is -0.440. The number of rotatable bonds is 7. The number of pyridine rings is 1. The first kappa shape index (κ1) is 21.1. The molecule has 0 aliphatic carbocycles. The molecule has 0 aliphatic heterocycles. The molecule has 5 aromatic rings. The highest BCUT2D eigenvalue weighted by Crippen LogP contribution is 2.24. The number of fused-ring (bicyclic) bond motifs is 1. The normalized spacial score (nSPS) is 10.8. The van der Waals surface area contributed by atoms with E-state index in [0.29, 0.717) is 22.7 Å². The van der Waals surface area contributed by atoms with Crippen molar-refractivity contribution >= 4 is 17.1 Å². The second kappa shape index (κ2) is 8.99. The molecule has 0 fully saturated rings. The highest BCUT2D eigenvalue weighted by atomic mass is 16.6. The number of carbonyl (C=O) groups excluding carboxylic acids is 1. The highest BCUT2D eigenvalue weighted by molar-refractivity contribution is 5.97. The van der Waals surface area contributed by atoms with Gasteiger partial charge in [0.05, 0.1) is 16.8 Å². The second-order valence-corrected chi connectivity index (χ2v) is 7.72. The quantitative estimate of drug-likeness (QED) is 0.177. The lowest BCUT2D eigenvalue weighted by Gasteiger charge is -2.07. The van der Waals surface area contributed by atoms with Crippen molar-refractivity contribution in [1.29, 1.82) is 0 Å². The molecule has 0 spiro atoms. The number of ether oxygens (including phenoxy) is 1. The SMILES string of the molecule is O=C(COc1ccc(-c2cn3cc([N+](=O)[O-])ccc3n2)cc1)c1ccc(-c2ccccc2)cc1. The summed E-state index contributed by atoms with van der Waals surface area (Å²) in [7, 11) is 0. The predicted octanol–water partition coefficient (Wildman–Crippen LogP) is 5.84. The lowest BCUT2D eigenvalue weighted by Crippen LogP contribution is -2.11. The Kier molecular flexibility index (Phi) is 5.58. The average Bonchev–Trinajstić information content (AvgIpc) is 3.32. The van der Waals surface area contributed by atoms with E-state index in [1.54, 1.807) is 28.8 Å². The molecule has 7 heteroatoms. The lowest BCUT2D eigenvalue weighted by molar-refractivity contribution is -0.385. The van der Waals surface area contributed by atoms with Crippen LogP contribution in [0, 0.1) is 10.1 Å². The van der Waals surface area contributed by atoms with Gasteiger partial charge < -0.3 is 4.74 Å². The van der Waals surface area contributed by atoms with Crippen molar-refractivity contribution in [2.24, 2.45) is 0 Å². The van der Waals surface area contributed by atoms with Crippen molar-refractivity contribution in [1.82, 2.24) is 9.38 Å². The fourth-order valence-electron chi connectivity index (χ4n) is 3.66. The van der Waals surface area contributed by atoms with Crippen LogP contribution in [-0.2, 0) is 0 Å². The Hall–Kier alpha value is -4.78. The number of carbonyl (C=O) groups is 1. The number of hydrogen-bond donors (Lipinski definition) is 0. The molecule has 0 saturated carbocycles. The maximum Gasteiger partial charge on any atom is 0.286 e. The fraction of sp³-hybridized carbons (Fsp3) is 0.0370. The molecule has 5 rings (SSSR count). The van der Waals surface area contributed by atoms with Crippen molar-refractivity contribution in [3.8, 4) is 28.1 Å². The summed E-state index contributed by atoms with van der Waals surface area (Å²) in [5.74, 6) is 0.461. The summed E-state index contributed by atoms with van der Waals surface area (Å²) < 4.78 is 7.30. The van der Waals surface area contributed by atoms with E-state index < -0.39 is 4.92 Å². The Morgan fingerprint density at radius 1 is 0.824 bits per heavy atom. The van der Waals surface area contributed by atoms with Gasteiger partial charge in [-0.05, 0) is 41.5 Å². The third kappa shape index (κ3) is 4.40. The first-order chi connectivity index (χ1) is 16.6. The summed E-state index contributed by atoms with van der Waals surface area (Å²) in [6.45, 7) is -0.0674. The summed E-state index contributed by atoms with van der Waals surface area (Å²) in [4.78, 5) is 27.6. The maximum atomic E-state index is 12.5. The molecule has 166 valence electrons. The highest BCUT2D eigenvalue weighted by Gasteiger charge is 2.11. The Balaban J connectivity index is 1.23. The number of aromatic nitrogens is 2. The van der Waals surface area contributed by atoms with Gasteiger partial charge in [-0.3, -0.25) is 19.3 Å². The second-order valence-electron chi connectivity index (χ2n) is 7.72. The summed E-state index contributed by atoms with van der Waals surface area (Å²) in [6.07, 6.45) is 3.17. The van der Waals surface area contributed by atoms with E-state index in [-0.39, 0.29) is 18.1 Å². The first-order valence-corrected chi connectivity index (χ1v) is 10.6. The average molecular weight is 449 g/mol. The number of hydrogen-bond acceptors (Lipinski definition) is 5. The van der Waals surface area contributed by atoms with Crippen molar-refractivity contribution in [3.05, 3.63) is 119 Å². The van der Waals surface area contributed by atoms with Gasteiger partial charge in [-0.1, -0.05) is 54.6 Å². The molecule has 0 unspecified atom stereocenters. The molecule has 0 amide bonds. The Bertz CT molecular complexity index is 1470. The van der Waals surface area contributed by atoms with Crippen LogP contribution >= 0.6 is 0 Å². The van der Waals surface area contributed by atoms with Gasteiger partial charge in [-0.25, -0.2) is 4.98 Å². The lowest BCUT2D eigenvalue weighted by atomic mass is 10.0. The number of ketones is 1. The summed E-state index contributed by atoms with van der Waals surface area (Å²) in [5.41, 5.74) is 4.87. The number of benzene rings is 3. The molecule has 0 radical (unpaired) electrons. The molecule has 0 saturated heterocycles. The molecule has 0 atom stereocenters. The zero-order chi connectivity index (χ0) is 23.5. The molecule has 0 bridgehead atoms. The van der Waals surface area contributed by atoms with Crippen LogP contribution in [0.4, 0.5) is 5.69 Å². The largest absolute Gasteiger partial charge is 0.485 e. The third-order valence-electron chi connectivity index (χ3n) is 5.48. The zero-order valence-electron chi connectivity index (χ0n) is 18.0. The van der Waals surface area contributed by atoms with Crippen LogP contribution in [-0.4, -0.2) is 26.7 Å². The molecule has 3 aromatic carbocycles. The van der Waals surface area contributed by atoms with Gasteiger partial charge in [0.25, 0.3) is 5.69 Å². The predicted molar refractivity (Wildman–Crippen MR) is 129 cm³/mol. The van der Waals surface area contributed by atoms with Gasteiger partial charge in [0.1, 0.15) is 11.4 Å². The van der Waals surface area contributed by atoms with E-state index in [1.165, 1.54) is 12.3 Å². The van der Waals surface area contributed by atoms with Gasteiger partial charge in [-0.15, -0.1) is 0 Å². The van der Waals surface area contributed by atoms with Crippen LogP contribution in [0.2, 0.25) is 0 Å². The van der Waals surface area contributed by atoms with E-state index in [0.717, 1.165) is 16.7 Å². The van der Waals surface area contributed by atoms with Gasteiger partial charge >= 0.3 is 0 Å². The van der Waals surface area contributed by atoms with Crippen molar-refractivity contribution in [2.75, 3.05) is 6.61 Å². The number of Topliss-reactive ketones (excluding diaryl/α,β-unsaturated/α-hetero) is 1. The molecule has 0 N–H and O–H groups in total. The number of nitro groups is 1.